The first kappa shape index (κ1) is 11.9. The molecule has 1 aromatic heterocycles. The Morgan fingerprint density at radius 1 is 1.36 bits per heavy atom. The molecule has 0 amide bonds. The lowest BCUT2D eigenvalue weighted by Gasteiger charge is -2.11. The summed E-state index contributed by atoms with van der Waals surface area (Å²) >= 11 is 17.0. The number of aromatic nitrogens is 1. The highest BCUT2D eigenvalue weighted by molar-refractivity contribution is 6.66. The van der Waals surface area contributed by atoms with Gasteiger partial charge in [0.2, 0.25) is 3.79 Å². The van der Waals surface area contributed by atoms with Gasteiger partial charge in [0.05, 0.1) is 12.3 Å². The highest BCUT2D eigenvalue weighted by atomic mass is 35.6. The summed E-state index contributed by atoms with van der Waals surface area (Å²) in [6, 6.07) is 5.08. The van der Waals surface area contributed by atoms with Crippen molar-refractivity contribution in [3.8, 4) is 0 Å². The Morgan fingerprint density at radius 3 is 2.64 bits per heavy atom. The van der Waals surface area contributed by atoms with Gasteiger partial charge in [0, 0.05) is 6.54 Å². The van der Waals surface area contributed by atoms with Gasteiger partial charge in [-0.05, 0) is 12.1 Å². The highest BCUT2D eigenvalue weighted by Crippen LogP contribution is 2.37. The molecule has 0 aliphatic heterocycles. The Hall–Kier alpha value is -0.220. The fourth-order valence-electron chi connectivity index (χ4n) is 0.875. The molecule has 1 aromatic rings. The first-order valence-corrected chi connectivity index (χ1v) is 5.06. The van der Waals surface area contributed by atoms with E-state index in [4.69, 9.17) is 39.9 Å². The molecule has 0 bridgehead atoms. The number of alkyl halides is 3. The Morgan fingerprint density at radius 2 is 2.07 bits per heavy atom. The van der Waals surface area contributed by atoms with Crippen molar-refractivity contribution < 1.29 is 5.11 Å². The Bertz CT molecular complexity index is 301. The molecule has 1 rings (SSSR count). The minimum absolute atomic E-state index is 0.0275. The number of anilines is 1. The molecule has 0 radical (unpaired) electrons. The van der Waals surface area contributed by atoms with E-state index in [-0.39, 0.29) is 6.61 Å². The summed E-state index contributed by atoms with van der Waals surface area (Å²) in [6.07, 6.45) is 0. The van der Waals surface area contributed by atoms with Crippen LogP contribution in [0, 0.1) is 0 Å². The van der Waals surface area contributed by atoms with E-state index >= 15 is 0 Å². The van der Waals surface area contributed by atoms with Gasteiger partial charge >= 0.3 is 0 Å². The van der Waals surface area contributed by atoms with Crippen molar-refractivity contribution in [2.45, 2.75) is 3.79 Å². The van der Waals surface area contributed by atoms with E-state index in [2.05, 4.69) is 10.3 Å². The van der Waals surface area contributed by atoms with Crippen molar-refractivity contribution in [3.63, 3.8) is 0 Å². The molecule has 0 aliphatic rings. The standard InChI is InChI=1S/C8H9Cl3N2O/c9-8(10,11)6-2-1-3-7(13-6)12-4-5-14/h1-3,14H,4-5H2,(H,12,13). The molecule has 0 spiro atoms. The van der Waals surface area contributed by atoms with Crippen molar-refractivity contribution in [2.24, 2.45) is 0 Å². The lowest BCUT2D eigenvalue weighted by Crippen LogP contribution is -2.10. The van der Waals surface area contributed by atoms with E-state index in [0.717, 1.165) is 0 Å². The third-order valence-electron chi connectivity index (χ3n) is 1.46. The van der Waals surface area contributed by atoms with Crippen LogP contribution in [0.15, 0.2) is 18.2 Å². The van der Waals surface area contributed by atoms with Crippen LogP contribution in [0.4, 0.5) is 5.82 Å². The molecular weight excluding hydrogens is 246 g/mol. The molecule has 2 N–H and O–H groups in total. The lowest BCUT2D eigenvalue weighted by atomic mass is 10.3. The second-order valence-electron chi connectivity index (χ2n) is 2.56. The number of pyridine rings is 1. The second kappa shape index (κ2) is 5.03. The highest BCUT2D eigenvalue weighted by Gasteiger charge is 2.24. The van der Waals surface area contributed by atoms with Crippen molar-refractivity contribution in [1.82, 2.24) is 4.98 Å². The molecule has 0 aliphatic carbocycles. The van der Waals surface area contributed by atoms with Crippen LogP contribution >= 0.6 is 34.8 Å². The third kappa shape index (κ3) is 3.50. The molecule has 0 fully saturated rings. The van der Waals surface area contributed by atoms with Gasteiger partial charge in [-0.25, -0.2) is 4.98 Å². The lowest BCUT2D eigenvalue weighted by molar-refractivity contribution is 0.311. The summed E-state index contributed by atoms with van der Waals surface area (Å²) in [5, 5.41) is 11.5. The maximum Gasteiger partial charge on any atom is 0.232 e. The van der Waals surface area contributed by atoms with Crippen molar-refractivity contribution in [2.75, 3.05) is 18.5 Å². The molecule has 1 heterocycles. The average Bonchev–Trinajstić information content (AvgIpc) is 2.14. The fraction of sp³-hybridized carbons (Fsp3) is 0.375. The molecule has 3 nitrogen and oxygen atoms in total. The molecule has 0 saturated heterocycles. The van der Waals surface area contributed by atoms with Gasteiger partial charge in [-0.1, -0.05) is 40.9 Å². The number of aliphatic hydroxyl groups is 1. The number of hydrogen-bond donors (Lipinski definition) is 2. The quantitative estimate of drug-likeness (QED) is 0.815. The van der Waals surface area contributed by atoms with Crippen LogP contribution in [-0.2, 0) is 3.79 Å². The zero-order valence-electron chi connectivity index (χ0n) is 7.17. The van der Waals surface area contributed by atoms with Crippen molar-refractivity contribution >= 4 is 40.6 Å². The van der Waals surface area contributed by atoms with Gasteiger partial charge in [0.1, 0.15) is 5.82 Å². The number of nitrogens with one attached hydrogen (secondary N) is 1. The van der Waals surface area contributed by atoms with E-state index in [1.54, 1.807) is 18.2 Å². The van der Waals surface area contributed by atoms with Crippen LogP contribution in [0.5, 0.6) is 0 Å². The molecular formula is C8H9Cl3N2O. The van der Waals surface area contributed by atoms with Crippen molar-refractivity contribution in [3.05, 3.63) is 23.9 Å². The molecule has 6 heteroatoms. The first-order valence-electron chi connectivity index (χ1n) is 3.93. The van der Waals surface area contributed by atoms with Crippen LogP contribution in [0.1, 0.15) is 5.69 Å². The van der Waals surface area contributed by atoms with Crippen LogP contribution in [0.3, 0.4) is 0 Å². The summed E-state index contributed by atoms with van der Waals surface area (Å²) in [5.41, 5.74) is 0.352. The molecule has 0 unspecified atom stereocenters. The smallest absolute Gasteiger partial charge is 0.232 e. The van der Waals surface area contributed by atoms with Gasteiger partial charge in [-0.15, -0.1) is 0 Å². The number of halogens is 3. The van der Waals surface area contributed by atoms with Crippen molar-refractivity contribution in [1.29, 1.82) is 0 Å². The number of aliphatic hydroxyl groups excluding tert-OH is 1. The second-order valence-corrected chi connectivity index (χ2v) is 4.84. The molecule has 0 atom stereocenters. The molecule has 0 saturated carbocycles. The van der Waals surface area contributed by atoms with E-state index in [0.29, 0.717) is 18.1 Å². The normalized spacial score (nSPS) is 11.4. The maximum atomic E-state index is 8.59. The predicted molar refractivity (Wildman–Crippen MR) is 59.0 cm³/mol. The zero-order chi connectivity index (χ0) is 10.6. The van der Waals surface area contributed by atoms with Gasteiger partial charge in [0.25, 0.3) is 0 Å². The summed E-state index contributed by atoms with van der Waals surface area (Å²) in [7, 11) is 0. The fourth-order valence-corrected chi connectivity index (χ4v) is 1.19. The van der Waals surface area contributed by atoms with Gasteiger partial charge < -0.3 is 10.4 Å². The van der Waals surface area contributed by atoms with E-state index in [9.17, 15) is 0 Å². The monoisotopic (exact) mass is 254 g/mol. The largest absolute Gasteiger partial charge is 0.395 e. The first-order chi connectivity index (χ1) is 6.54. The number of nitrogens with zero attached hydrogens (tertiary/aromatic N) is 1. The number of rotatable bonds is 3. The zero-order valence-corrected chi connectivity index (χ0v) is 9.44. The summed E-state index contributed by atoms with van der Waals surface area (Å²) in [4.78, 5) is 4.06. The Balaban J connectivity index is 2.79. The predicted octanol–water partition coefficient (Wildman–Crippen LogP) is 2.31. The topological polar surface area (TPSA) is 45.1 Å². The Kier molecular flexibility index (Phi) is 4.26. The minimum atomic E-state index is -1.52. The third-order valence-corrected chi connectivity index (χ3v) is 2.04. The maximum absolute atomic E-state index is 8.59. The average molecular weight is 256 g/mol. The van der Waals surface area contributed by atoms with E-state index in [1.165, 1.54) is 0 Å². The van der Waals surface area contributed by atoms with Crippen LogP contribution < -0.4 is 5.32 Å². The summed E-state index contributed by atoms with van der Waals surface area (Å²) in [5.74, 6) is 0.572. The number of hydrogen-bond acceptors (Lipinski definition) is 3. The molecule has 0 aromatic carbocycles. The Labute approximate surface area is 97.0 Å². The van der Waals surface area contributed by atoms with Crippen LogP contribution in [-0.4, -0.2) is 23.2 Å². The molecule has 78 valence electrons. The van der Waals surface area contributed by atoms with Gasteiger partial charge in [-0.3, -0.25) is 0 Å². The summed E-state index contributed by atoms with van der Waals surface area (Å²) < 4.78 is -1.52. The van der Waals surface area contributed by atoms with Crippen LogP contribution in [0.2, 0.25) is 0 Å². The SMILES string of the molecule is OCCNc1cccc(C(Cl)(Cl)Cl)n1. The summed E-state index contributed by atoms with van der Waals surface area (Å²) in [6.45, 7) is 0.440. The van der Waals surface area contributed by atoms with E-state index < -0.39 is 3.79 Å². The van der Waals surface area contributed by atoms with Gasteiger partial charge in [-0.2, -0.15) is 0 Å². The minimum Gasteiger partial charge on any atom is -0.395 e. The van der Waals surface area contributed by atoms with Crippen LogP contribution in [0.25, 0.3) is 0 Å². The molecule has 14 heavy (non-hydrogen) atoms. The van der Waals surface area contributed by atoms with Gasteiger partial charge in [0.15, 0.2) is 0 Å². The van der Waals surface area contributed by atoms with E-state index in [1.807, 2.05) is 0 Å².